The van der Waals surface area contributed by atoms with Crippen LogP contribution in [0, 0.1) is 17.2 Å². The molecule has 0 radical (unpaired) electrons. The van der Waals surface area contributed by atoms with Crippen LogP contribution < -0.4 is 5.32 Å². The summed E-state index contributed by atoms with van der Waals surface area (Å²) in [6.07, 6.45) is 3.20. The molecule has 1 aliphatic heterocycles. The van der Waals surface area contributed by atoms with Gasteiger partial charge in [-0.15, -0.1) is 0 Å². The molecule has 3 atom stereocenters. The molecule has 1 heterocycles. The SMILES string of the molecule is CC1CCC2(CC(=O)NC(=O)C2c2ccc(F)cc2)C1. The minimum Gasteiger partial charge on any atom is -0.296 e. The fourth-order valence-electron chi connectivity index (χ4n) is 3.97. The van der Waals surface area contributed by atoms with Crippen molar-refractivity contribution < 1.29 is 14.0 Å². The molecule has 2 aliphatic rings. The van der Waals surface area contributed by atoms with Crippen molar-refractivity contribution in [2.75, 3.05) is 0 Å². The zero-order valence-electron chi connectivity index (χ0n) is 11.5. The highest BCUT2D eigenvalue weighted by atomic mass is 19.1. The van der Waals surface area contributed by atoms with Gasteiger partial charge in [-0.1, -0.05) is 25.5 Å². The number of piperidine rings is 1. The van der Waals surface area contributed by atoms with Crippen molar-refractivity contribution in [2.24, 2.45) is 11.3 Å². The van der Waals surface area contributed by atoms with Crippen LogP contribution in [0.4, 0.5) is 4.39 Å². The number of amides is 2. The lowest BCUT2D eigenvalue weighted by molar-refractivity contribution is -0.140. The summed E-state index contributed by atoms with van der Waals surface area (Å²) in [6, 6.07) is 6.09. The van der Waals surface area contributed by atoms with Crippen LogP contribution in [0.1, 0.15) is 44.1 Å². The normalized spacial score (nSPS) is 33.5. The van der Waals surface area contributed by atoms with Crippen LogP contribution in [0.5, 0.6) is 0 Å². The molecule has 1 aromatic carbocycles. The van der Waals surface area contributed by atoms with Gasteiger partial charge in [0.25, 0.3) is 0 Å². The average Bonchev–Trinajstić information content (AvgIpc) is 2.72. The van der Waals surface area contributed by atoms with Crippen molar-refractivity contribution in [2.45, 2.75) is 38.5 Å². The van der Waals surface area contributed by atoms with E-state index in [0.717, 1.165) is 24.8 Å². The van der Waals surface area contributed by atoms with E-state index < -0.39 is 0 Å². The quantitative estimate of drug-likeness (QED) is 0.801. The van der Waals surface area contributed by atoms with Crippen LogP contribution in [-0.2, 0) is 9.59 Å². The lowest BCUT2D eigenvalue weighted by atomic mass is 9.66. The first-order valence-electron chi connectivity index (χ1n) is 7.09. The van der Waals surface area contributed by atoms with Crippen LogP contribution in [-0.4, -0.2) is 11.8 Å². The zero-order chi connectivity index (χ0) is 14.3. The smallest absolute Gasteiger partial charge is 0.234 e. The van der Waals surface area contributed by atoms with Gasteiger partial charge in [-0.25, -0.2) is 4.39 Å². The van der Waals surface area contributed by atoms with Crippen molar-refractivity contribution in [3.63, 3.8) is 0 Å². The number of nitrogens with one attached hydrogen (secondary N) is 1. The predicted octanol–water partition coefficient (Wildman–Crippen LogP) is 2.76. The van der Waals surface area contributed by atoms with Crippen molar-refractivity contribution in [1.82, 2.24) is 5.32 Å². The summed E-state index contributed by atoms with van der Waals surface area (Å²) >= 11 is 0. The molecule has 0 aromatic heterocycles. The number of hydrogen-bond acceptors (Lipinski definition) is 2. The molecular weight excluding hydrogens is 257 g/mol. The number of rotatable bonds is 1. The van der Waals surface area contributed by atoms with E-state index in [-0.39, 0.29) is 29.0 Å². The number of halogens is 1. The monoisotopic (exact) mass is 275 g/mol. The highest BCUT2D eigenvalue weighted by molar-refractivity contribution is 6.02. The lowest BCUT2D eigenvalue weighted by Gasteiger charge is -2.40. The third-order valence-electron chi connectivity index (χ3n) is 4.74. The highest BCUT2D eigenvalue weighted by Gasteiger charge is 2.51. The number of benzene rings is 1. The van der Waals surface area contributed by atoms with Crippen LogP contribution in [0.15, 0.2) is 24.3 Å². The van der Waals surface area contributed by atoms with E-state index in [1.165, 1.54) is 12.1 Å². The van der Waals surface area contributed by atoms with E-state index in [9.17, 15) is 14.0 Å². The van der Waals surface area contributed by atoms with Gasteiger partial charge in [0.2, 0.25) is 11.8 Å². The maximum Gasteiger partial charge on any atom is 0.234 e. The first-order valence-corrected chi connectivity index (χ1v) is 7.09. The summed E-state index contributed by atoms with van der Waals surface area (Å²) in [6.45, 7) is 2.16. The second kappa shape index (κ2) is 4.69. The van der Waals surface area contributed by atoms with Crippen molar-refractivity contribution in [1.29, 1.82) is 0 Å². The fraction of sp³-hybridized carbons (Fsp3) is 0.500. The van der Waals surface area contributed by atoms with E-state index >= 15 is 0 Å². The molecule has 3 nitrogen and oxygen atoms in total. The van der Waals surface area contributed by atoms with Crippen LogP contribution in [0.3, 0.4) is 0 Å². The molecule has 2 amide bonds. The van der Waals surface area contributed by atoms with E-state index in [2.05, 4.69) is 12.2 Å². The Labute approximate surface area is 117 Å². The summed E-state index contributed by atoms with van der Waals surface area (Å²) < 4.78 is 13.1. The molecule has 1 saturated carbocycles. The minimum atomic E-state index is -0.342. The van der Waals surface area contributed by atoms with Gasteiger partial charge in [0.15, 0.2) is 0 Å². The number of carbonyl (C=O) groups excluding carboxylic acids is 2. The second-order valence-electron chi connectivity index (χ2n) is 6.28. The number of imide groups is 1. The summed E-state index contributed by atoms with van der Waals surface area (Å²) in [4.78, 5) is 24.1. The number of carbonyl (C=O) groups is 2. The summed E-state index contributed by atoms with van der Waals surface area (Å²) in [5.41, 5.74) is 0.530. The Bertz CT molecular complexity index is 554. The molecule has 20 heavy (non-hydrogen) atoms. The number of hydrogen-bond donors (Lipinski definition) is 1. The van der Waals surface area contributed by atoms with Crippen LogP contribution in [0.2, 0.25) is 0 Å². The Kier molecular flexibility index (Phi) is 3.11. The van der Waals surface area contributed by atoms with E-state index in [1.54, 1.807) is 12.1 Å². The summed E-state index contributed by atoms with van der Waals surface area (Å²) in [7, 11) is 0. The Morgan fingerprint density at radius 2 is 1.95 bits per heavy atom. The summed E-state index contributed by atoms with van der Waals surface area (Å²) in [5.74, 6) is -0.540. The molecule has 3 unspecified atom stereocenters. The molecule has 4 heteroatoms. The molecule has 1 saturated heterocycles. The Hall–Kier alpha value is -1.71. The molecule has 106 valence electrons. The van der Waals surface area contributed by atoms with Crippen molar-refractivity contribution in [3.05, 3.63) is 35.6 Å². The Morgan fingerprint density at radius 1 is 1.25 bits per heavy atom. The van der Waals surface area contributed by atoms with Gasteiger partial charge in [0, 0.05) is 6.42 Å². The molecule has 2 fully saturated rings. The average molecular weight is 275 g/mol. The molecule has 1 aliphatic carbocycles. The highest BCUT2D eigenvalue weighted by Crippen LogP contribution is 2.54. The van der Waals surface area contributed by atoms with Crippen LogP contribution in [0.25, 0.3) is 0 Å². The minimum absolute atomic E-state index is 0.178. The maximum atomic E-state index is 13.1. The van der Waals surface area contributed by atoms with E-state index in [1.807, 2.05) is 0 Å². The molecule has 1 spiro atoms. The van der Waals surface area contributed by atoms with Crippen molar-refractivity contribution in [3.8, 4) is 0 Å². The molecule has 3 rings (SSSR count). The van der Waals surface area contributed by atoms with Gasteiger partial charge in [-0.2, -0.15) is 0 Å². The van der Waals surface area contributed by atoms with Gasteiger partial charge < -0.3 is 0 Å². The molecular formula is C16H18FNO2. The predicted molar refractivity (Wildman–Crippen MR) is 72.4 cm³/mol. The van der Waals surface area contributed by atoms with Gasteiger partial charge in [0.1, 0.15) is 5.82 Å². The Morgan fingerprint density at radius 3 is 2.55 bits per heavy atom. The largest absolute Gasteiger partial charge is 0.296 e. The molecule has 1 aromatic rings. The van der Waals surface area contributed by atoms with Gasteiger partial charge in [-0.3, -0.25) is 14.9 Å². The Balaban J connectivity index is 2.02. The van der Waals surface area contributed by atoms with Gasteiger partial charge in [-0.05, 0) is 41.9 Å². The van der Waals surface area contributed by atoms with E-state index in [0.29, 0.717) is 12.3 Å². The van der Waals surface area contributed by atoms with E-state index in [4.69, 9.17) is 0 Å². The molecule has 1 N–H and O–H groups in total. The standard InChI is InChI=1S/C16H18FNO2/c1-10-6-7-16(8-10)9-13(19)18-15(20)14(16)11-2-4-12(17)5-3-11/h2-5,10,14H,6-9H2,1H3,(H,18,19,20). The lowest BCUT2D eigenvalue weighted by Crippen LogP contribution is -2.49. The van der Waals surface area contributed by atoms with Crippen molar-refractivity contribution >= 4 is 11.8 Å². The third kappa shape index (κ3) is 2.13. The first kappa shape index (κ1) is 13.3. The second-order valence-corrected chi connectivity index (χ2v) is 6.28. The third-order valence-corrected chi connectivity index (χ3v) is 4.74. The first-order chi connectivity index (χ1) is 9.50. The topological polar surface area (TPSA) is 46.2 Å². The fourth-order valence-corrected chi connectivity index (χ4v) is 3.97. The van der Waals surface area contributed by atoms with Gasteiger partial charge in [0.05, 0.1) is 5.92 Å². The summed E-state index contributed by atoms with van der Waals surface area (Å²) in [5, 5.41) is 2.44. The zero-order valence-corrected chi connectivity index (χ0v) is 11.5. The van der Waals surface area contributed by atoms with Gasteiger partial charge >= 0.3 is 0 Å². The van der Waals surface area contributed by atoms with Crippen LogP contribution >= 0.6 is 0 Å². The maximum absolute atomic E-state index is 13.1. The molecule has 0 bridgehead atoms.